The van der Waals surface area contributed by atoms with Crippen LogP contribution in [0, 0.1) is 12.8 Å². The Morgan fingerprint density at radius 2 is 1.91 bits per heavy atom. The van der Waals surface area contributed by atoms with Gasteiger partial charge in [-0.15, -0.1) is 0 Å². The zero-order valence-electron chi connectivity index (χ0n) is 19.1. The van der Waals surface area contributed by atoms with Crippen molar-refractivity contribution in [3.8, 4) is 0 Å². The van der Waals surface area contributed by atoms with Crippen molar-refractivity contribution in [2.45, 2.75) is 65.6 Å². The third kappa shape index (κ3) is 4.06. The highest BCUT2D eigenvalue weighted by atomic mass is 19.4. The molecule has 4 rings (SSSR count). The Labute approximate surface area is 189 Å². The highest BCUT2D eigenvalue weighted by Gasteiger charge is 2.40. The summed E-state index contributed by atoms with van der Waals surface area (Å²) in [6, 6.07) is 3.51. The Bertz CT molecular complexity index is 1180. The number of aliphatic hydroxyl groups excluding tert-OH is 2. The van der Waals surface area contributed by atoms with Crippen LogP contribution in [0.5, 0.6) is 0 Å². The summed E-state index contributed by atoms with van der Waals surface area (Å²) in [5.41, 5.74) is 2.00. The van der Waals surface area contributed by atoms with Crippen LogP contribution in [0.1, 0.15) is 67.5 Å². The molecule has 1 aromatic carbocycles. The van der Waals surface area contributed by atoms with Crippen molar-refractivity contribution in [1.29, 1.82) is 0 Å². The number of anilines is 1. The first kappa shape index (κ1) is 23.4. The molecule has 0 bridgehead atoms. The molecule has 3 heterocycles. The molecule has 33 heavy (non-hydrogen) atoms. The summed E-state index contributed by atoms with van der Waals surface area (Å²) in [4.78, 5) is 14.7. The van der Waals surface area contributed by atoms with Crippen LogP contribution in [-0.2, 0) is 19.3 Å². The number of rotatable bonds is 5. The number of halogens is 3. The second-order valence-electron chi connectivity index (χ2n) is 8.83. The van der Waals surface area contributed by atoms with Crippen molar-refractivity contribution in [3.63, 3.8) is 0 Å². The lowest BCUT2D eigenvalue weighted by Gasteiger charge is -2.38. The molecule has 1 aliphatic rings. The summed E-state index contributed by atoms with van der Waals surface area (Å²) in [5, 5.41) is 19.7. The number of alkyl halides is 3. The fraction of sp³-hybridized carbons (Fsp3) is 0.522. The van der Waals surface area contributed by atoms with Gasteiger partial charge in [0.25, 0.3) is 0 Å². The monoisotopic (exact) mass is 463 g/mol. The van der Waals surface area contributed by atoms with Gasteiger partial charge in [-0.2, -0.15) is 13.2 Å². The minimum Gasteiger partial charge on any atom is -0.392 e. The summed E-state index contributed by atoms with van der Waals surface area (Å²) in [6.07, 6.45) is -4.78. The maximum atomic E-state index is 13.8. The molecule has 3 aromatic rings. The van der Waals surface area contributed by atoms with E-state index in [1.54, 1.807) is 11.8 Å². The number of fused-ring (bicyclic) bond motifs is 3. The van der Waals surface area contributed by atoms with E-state index in [9.17, 15) is 23.4 Å². The summed E-state index contributed by atoms with van der Waals surface area (Å²) in [6.45, 7) is 8.33. The molecule has 0 saturated heterocycles. The predicted octanol–water partition coefficient (Wildman–Crippen LogP) is 4.31. The van der Waals surface area contributed by atoms with Gasteiger partial charge in [0, 0.05) is 24.8 Å². The van der Waals surface area contributed by atoms with Crippen LogP contribution in [0.3, 0.4) is 0 Å². The molecule has 0 unspecified atom stereocenters. The molecule has 7 nitrogen and oxygen atoms in total. The van der Waals surface area contributed by atoms with E-state index in [0.29, 0.717) is 13.1 Å². The second kappa shape index (κ2) is 8.57. The molecule has 178 valence electrons. The standard InChI is InChI=1S/C23H28F3N5O2/c1-5-18(33)15-10-27-22(29-20(15)23(24,25)26)31-7-6-30-17-8-13(4)14(11-32)9-16(17)28-21(30)19(31)12(2)3/h8-10,12,18-19,32-33H,5-7,11H2,1-4H3/t18-,19-/m0/s1. The third-order valence-electron chi connectivity index (χ3n) is 6.28. The molecule has 0 amide bonds. The molecule has 0 saturated carbocycles. The molecule has 2 aromatic heterocycles. The van der Waals surface area contributed by atoms with Gasteiger partial charge >= 0.3 is 6.18 Å². The highest BCUT2D eigenvalue weighted by molar-refractivity contribution is 5.78. The number of aromatic nitrogens is 4. The van der Waals surface area contributed by atoms with Crippen molar-refractivity contribution < 1.29 is 23.4 Å². The number of hydrogen-bond acceptors (Lipinski definition) is 6. The zero-order chi connectivity index (χ0) is 24.1. The van der Waals surface area contributed by atoms with Gasteiger partial charge in [-0.3, -0.25) is 0 Å². The highest BCUT2D eigenvalue weighted by Crippen LogP contribution is 2.39. The molecule has 1 aliphatic heterocycles. The van der Waals surface area contributed by atoms with E-state index in [4.69, 9.17) is 4.98 Å². The summed E-state index contributed by atoms with van der Waals surface area (Å²) < 4.78 is 43.4. The maximum Gasteiger partial charge on any atom is 0.433 e. The molecule has 2 N–H and O–H groups in total. The predicted molar refractivity (Wildman–Crippen MR) is 118 cm³/mol. The number of aliphatic hydroxyl groups is 2. The number of hydrogen-bond donors (Lipinski definition) is 2. The van der Waals surface area contributed by atoms with E-state index in [1.165, 1.54) is 0 Å². The van der Waals surface area contributed by atoms with E-state index in [1.807, 2.05) is 32.9 Å². The van der Waals surface area contributed by atoms with Gasteiger partial charge in [0.2, 0.25) is 5.95 Å². The van der Waals surface area contributed by atoms with Crippen LogP contribution in [0.25, 0.3) is 11.0 Å². The quantitative estimate of drug-likeness (QED) is 0.587. The second-order valence-corrected chi connectivity index (χ2v) is 8.83. The number of nitrogens with zero attached hydrogens (tertiary/aromatic N) is 5. The SMILES string of the molecule is CC[C@H](O)c1cnc(N2CCn3c(nc4cc(CO)c(C)cc43)[C@@H]2C(C)C)nc1C(F)(F)F. The fourth-order valence-electron chi connectivity index (χ4n) is 4.55. The molecule has 0 fully saturated rings. The van der Waals surface area contributed by atoms with Crippen LogP contribution < -0.4 is 4.90 Å². The Balaban J connectivity index is 1.83. The zero-order valence-corrected chi connectivity index (χ0v) is 19.1. The normalized spacial score (nSPS) is 17.6. The largest absolute Gasteiger partial charge is 0.433 e. The van der Waals surface area contributed by atoms with Crippen LogP contribution in [0.15, 0.2) is 18.3 Å². The molecule has 0 aliphatic carbocycles. The van der Waals surface area contributed by atoms with Gasteiger partial charge in [0.05, 0.1) is 29.8 Å². The van der Waals surface area contributed by atoms with Gasteiger partial charge in [-0.1, -0.05) is 20.8 Å². The molecule has 10 heteroatoms. The van der Waals surface area contributed by atoms with Crippen LogP contribution in [0.4, 0.5) is 19.1 Å². The maximum absolute atomic E-state index is 13.8. The van der Waals surface area contributed by atoms with E-state index >= 15 is 0 Å². The molecular formula is C23H28F3N5O2. The lowest BCUT2D eigenvalue weighted by Crippen LogP contribution is -2.42. The molecule has 2 atom stereocenters. The van der Waals surface area contributed by atoms with Crippen molar-refractivity contribution in [3.05, 3.63) is 46.5 Å². The topological polar surface area (TPSA) is 87.3 Å². The first-order valence-electron chi connectivity index (χ1n) is 11.1. The molecule has 0 radical (unpaired) electrons. The van der Waals surface area contributed by atoms with Gasteiger partial charge < -0.3 is 19.7 Å². The average molecular weight is 464 g/mol. The van der Waals surface area contributed by atoms with E-state index in [0.717, 1.165) is 34.2 Å². The lowest BCUT2D eigenvalue weighted by atomic mass is 10.00. The first-order valence-corrected chi connectivity index (χ1v) is 11.1. The summed E-state index contributed by atoms with van der Waals surface area (Å²) in [5.74, 6) is 0.715. The third-order valence-corrected chi connectivity index (χ3v) is 6.28. The van der Waals surface area contributed by atoms with Crippen molar-refractivity contribution in [2.24, 2.45) is 5.92 Å². The van der Waals surface area contributed by atoms with E-state index in [-0.39, 0.29) is 36.5 Å². The number of benzene rings is 1. The Kier molecular flexibility index (Phi) is 6.09. The smallest absolute Gasteiger partial charge is 0.392 e. The van der Waals surface area contributed by atoms with E-state index < -0.39 is 18.0 Å². The fourth-order valence-corrected chi connectivity index (χ4v) is 4.55. The molecule has 0 spiro atoms. The van der Waals surface area contributed by atoms with Gasteiger partial charge in [0.15, 0.2) is 5.69 Å². The van der Waals surface area contributed by atoms with Crippen LogP contribution in [0.2, 0.25) is 0 Å². The molecular weight excluding hydrogens is 435 g/mol. The van der Waals surface area contributed by atoms with Crippen molar-refractivity contribution >= 4 is 17.0 Å². The Morgan fingerprint density at radius 3 is 2.52 bits per heavy atom. The Hall–Kier alpha value is -2.72. The van der Waals surface area contributed by atoms with Gasteiger partial charge in [0.1, 0.15) is 5.82 Å². The van der Waals surface area contributed by atoms with Crippen molar-refractivity contribution in [1.82, 2.24) is 19.5 Å². The van der Waals surface area contributed by atoms with Crippen LogP contribution >= 0.6 is 0 Å². The lowest BCUT2D eigenvalue weighted by molar-refractivity contribution is -0.142. The van der Waals surface area contributed by atoms with Gasteiger partial charge in [-0.25, -0.2) is 15.0 Å². The van der Waals surface area contributed by atoms with Gasteiger partial charge in [-0.05, 0) is 42.5 Å². The number of imidazole rings is 1. The Morgan fingerprint density at radius 1 is 1.18 bits per heavy atom. The first-order chi connectivity index (χ1) is 15.6. The van der Waals surface area contributed by atoms with E-state index in [2.05, 4.69) is 14.5 Å². The number of aryl methyl sites for hydroxylation is 1. The minimum atomic E-state index is -4.71. The van der Waals surface area contributed by atoms with Crippen LogP contribution in [-0.4, -0.2) is 36.3 Å². The summed E-state index contributed by atoms with van der Waals surface area (Å²) >= 11 is 0. The average Bonchev–Trinajstić information content (AvgIpc) is 3.13. The minimum absolute atomic E-state index is 0.0121. The summed E-state index contributed by atoms with van der Waals surface area (Å²) in [7, 11) is 0. The van der Waals surface area contributed by atoms with Crippen molar-refractivity contribution in [2.75, 3.05) is 11.4 Å².